The van der Waals surface area contributed by atoms with Crippen LogP contribution in [0.4, 0.5) is 5.13 Å². The first-order chi connectivity index (χ1) is 24.3. The van der Waals surface area contributed by atoms with Crippen LogP contribution in [-0.4, -0.2) is 42.1 Å². The lowest BCUT2D eigenvalue weighted by Gasteiger charge is -2.16. The summed E-state index contributed by atoms with van der Waals surface area (Å²) in [5.41, 5.74) is 8.04. The average Bonchev–Trinajstić information content (AvgIpc) is 3.56. The number of aryl methyl sites for hydroxylation is 1. The van der Waals surface area contributed by atoms with Gasteiger partial charge in [0.1, 0.15) is 11.5 Å². The average molecular weight is 688 g/mol. The van der Waals surface area contributed by atoms with Crippen LogP contribution in [0.3, 0.4) is 0 Å². The smallest absolute Gasteiger partial charge is 0.343 e. The van der Waals surface area contributed by atoms with Crippen LogP contribution in [0.25, 0.3) is 21.3 Å². The van der Waals surface area contributed by atoms with Crippen molar-refractivity contribution in [2.24, 2.45) is 11.0 Å². The summed E-state index contributed by atoms with van der Waals surface area (Å²) >= 11 is 1.49. The van der Waals surface area contributed by atoms with Gasteiger partial charge in [-0.2, -0.15) is 5.10 Å². The number of aromatic nitrogens is 1. The Labute approximate surface area is 294 Å². The van der Waals surface area contributed by atoms with Gasteiger partial charge in [0, 0.05) is 24.0 Å². The number of carbonyl (C=O) groups is 3. The molecule has 254 valence electrons. The number of hydrogen-bond acceptors (Lipinski definition) is 10. The third kappa shape index (κ3) is 9.83. The molecular weight excluding hydrogens is 651 g/mol. The number of esters is 2. The van der Waals surface area contributed by atoms with Gasteiger partial charge in [-0.3, -0.25) is 10.2 Å². The van der Waals surface area contributed by atoms with Crippen LogP contribution in [0.1, 0.15) is 41.3 Å². The molecule has 50 heavy (non-hydrogen) atoms. The second kappa shape index (κ2) is 17.5. The number of hydrazone groups is 1. The highest BCUT2D eigenvalue weighted by molar-refractivity contribution is 7.22. The third-order valence-corrected chi connectivity index (χ3v) is 8.56. The minimum atomic E-state index is -0.585. The number of benzene rings is 4. The number of anilines is 1. The van der Waals surface area contributed by atoms with Crippen molar-refractivity contribution >= 4 is 50.6 Å². The lowest BCUT2D eigenvalue weighted by Crippen LogP contribution is -2.22. The summed E-state index contributed by atoms with van der Waals surface area (Å²) in [6.07, 6.45) is 6.08. The molecule has 0 aliphatic rings. The maximum Gasteiger partial charge on any atom is 0.343 e. The third-order valence-electron chi connectivity index (χ3n) is 7.62. The topological polar surface area (TPSA) is 116 Å². The summed E-state index contributed by atoms with van der Waals surface area (Å²) in [6.45, 7) is 9.12. The van der Waals surface area contributed by atoms with Crippen LogP contribution < -0.4 is 14.9 Å². The van der Waals surface area contributed by atoms with Crippen molar-refractivity contribution in [3.8, 4) is 22.6 Å². The molecule has 0 radical (unpaired) electrons. The maximum absolute atomic E-state index is 13.3. The summed E-state index contributed by atoms with van der Waals surface area (Å²) < 4.78 is 17.9. The summed E-state index contributed by atoms with van der Waals surface area (Å²) in [6, 6.07) is 28.3. The quantitative estimate of drug-likeness (QED) is 0.0340. The standard InChI is InChI=1S/C40H37N3O6S/c1-4-9-27-12-14-29(15-13-27)31-18-21-36(32(23-31)24-41-43-40-42-35-10-7-8-11-37(35)50-40)49-39(46)30-16-19-34(20-17-30)47-25-28(22-33(44)5-2)26-48-38(45)6-3/h5-8,10-21,23-24,28H,2-4,9,22,25-26H2,1H3,(H,42,43)/b41-24+. The van der Waals surface area contributed by atoms with Crippen molar-refractivity contribution < 1.29 is 28.6 Å². The maximum atomic E-state index is 13.3. The van der Waals surface area contributed by atoms with E-state index in [0.29, 0.717) is 27.8 Å². The molecule has 4 aromatic carbocycles. The van der Waals surface area contributed by atoms with E-state index in [2.05, 4.69) is 59.9 Å². The predicted octanol–water partition coefficient (Wildman–Crippen LogP) is 8.45. The Hall–Kier alpha value is -5.87. The van der Waals surface area contributed by atoms with Gasteiger partial charge in [0.2, 0.25) is 5.13 Å². The molecular formula is C40H37N3O6S. The molecule has 0 saturated carbocycles. The van der Waals surface area contributed by atoms with Crippen molar-refractivity contribution in [2.75, 3.05) is 18.6 Å². The number of fused-ring (bicyclic) bond motifs is 1. The van der Waals surface area contributed by atoms with Gasteiger partial charge in [-0.15, -0.1) is 0 Å². The van der Waals surface area contributed by atoms with Gasteiger partial charge in [-0.05, 0) is 77.7 Å². The normalized spacial score (nSPS) is 11.5. The van der Waals surface area contributed by atoms with Crippen LogP contribution in [0.15, 0.2) is 121 Å². The monoisotopic (exact) mass is 687 g/mol. The van der Waals surface area contributed by atoms with Crippen molar-refractivity contribution in [3.63, 3.8) is 0 Å². The van der Waals surface area contributed by atoms with E-state index in [0.717, 1.165) is 40.3 Å². The first-order valence-electron chi connectivity index (χ1n) is 16.1. The van der Waals surface area contributed by atoms with Gasteiger partial charge in [0.05, 0.1) is 35.2 Å². The number of thiazole rings is 1. The van der Waals surface area contributed by atoms with Gasteiger partial charge < -0.3 is 14.2 Å². The molecule has 0 saturated heterocycles. The van der Waals surface area contributed by atoms with Gasteiger partial charge >= 0.3 is 11.9 Å². The van der Waals surface area contributed by atoms with Crippen molar-refractivity contribution in [1.82, 2.24) is 4.98 Å². The molecule has 5 rings (SSSR count). The van der Waals surface area contributed by atoms with Gasteiger partial charge in [-0.1, -0.05) is 80.3 Å². The highest BCUT2D eigenvalue weighted by atomic mass is 32.1. The fourth-order valence-electron chi connectivity index (χ4n) is 5.00. The molecule has 0 aliphatic carbocycles. The number of allylic oxidation sites excluding steroid dienone is 1. The molecule has 9 nitrogen and oxygen atoms in total. The molecule has 1 aromatic heterocycles. The lowest BCUT2D eigenvalue weighted by molar-refractivity contribution is -0.140. The molecule has 1 unspecified atom stereocenters. The van der Waals surface area contributed by atoms with E-state index in [9.17, 15) is 14.4 Å². The fraction of sp³-hybridized carbons (Fsp3) is 0.175. The van der Waals surface area contributed by atoms with E-state index in [-0.39, 0.29) is 25.4 Å². The SMILES string of the molecule is C=CC(=O)CC(COC(=O)C=C)COc1ccc(C(=O)Oc2ccc(-c3ccc(CCC)cc3)cc2/C=N/Nc2nc3ccccc3s2)cc1. The molecule has 0 spiro atoms. The number of hydrogen-bond donors (Lipinski definition) is 1. The Balaban J connectivity index is 1.30. The van der Waals surface area contributed by atoms with Crippen LogP contribution in [0.2, 0.25) is 0 Å². The number of ketones is 1. The van der Waals surface area contributed by atoms with Crippen LogP contribution in [0, 0.1) is 5.92 Å². The van der Waals surface area contributed by atoms with E-state index < -0.39 is 17.9 Å². The van der Waals surface area contributed by atoms with Gasteiger partial charge in [0.25, 0.3) is 0 Å². The first kappa shape index (κ1) is 35.4. The molecule has 1 heterocycles. The van der Waals surface area contributed by atoms with Crippen molar-refractivity contribution in [3.05, 3.63) is 133 Å². The molecule has 1 atom stereocenters. The number of rotatable bonds is 17. The predicted molar refractivity (Wildman–Crippen MR) is 198 cm³/mol. The minimum absolute atomic E-state index is 0.0143. The second-order valence-corrected chi connectivity index (χ2v) is 12.4. The van der Waals surface area contributed by atoms with Crippen molar-refractivity contribution in [1.29, 1.82) is 0 Å². The number of nitrogens with zero attached hydrogens (tertiary/aromatic N) is 2. The highest BCUT2D eigenvalue weighted by Crippen LogP contribution is 2.29. The Morgan fingerprint density at radius 3 is 2.40 bits per heavy atom. The lowest BCUT2D eigenvalue weighted by atomic mass is 10.0. The number of para-hydroxylation sites is 1. The Morgan fingerprint density at radius 1 is 0.920 bits per heavy atom. The number of ether oxygens (including phenoxy) is 3. The van der Waals surface area contributed by atoms with E-state index in [1.54, 1.807) is 36.5 Å². The van der Waals surface area contributed by atoms with Crippen LogP contribution in [-0.2, 0) is 20.7 Å². The Kier molecular flexibility index (Phi) is 12.4. The molecule has 1 N–H and O–H groups in total. The highest BCUT2D eigenvalue weighted by Gasteiger charge is 2.17. The van der Waals surface area contributed by atoms with E-state index in [1.165, 1.54) is 23.0 Å². The van der Waals surface area contributed by atoms with E-state index >= 15 is 0 Å². The molecule has 5 aromatic rings. The summed E-state index contributed by atoms with van der Waals surface area (Å²) in [5, 5.41) is 5.07. The number of nitrogens with one attached hydrogen (secondary N) is 1. The largest absolute Gasteiger partial charge is 0.493 e. The van der Waals surface area contributed by atoms with Crippen LogP contribution >= 0.6 is 11.3 Å². The first-order valence-corrected chi connectivity index (χ1v) is 16.9. The van der Waals surface area contributed by atoms with Gasteiger partial charge in [0.15, 0.2) is 5.78 Å². The summed E-state index contributed by atoms with van der Waals surface area (Å²) in [5.74, 6) is -0.931. The zero-order valence-electron chi connectivity index (χ0n) is 27.7. The fourth-order valence-corrected chi connectivity index (χ4v) is 5.82. The molecule has 0 amide bonds. The van der Waals surface area contributed by atoms with Gasteiger partial charge in [-0.25, -0.2) is 14.6 Å². The molecule has 0 bridgehead atoms. The summed E-state index contributed by atoms with van der Waals surface area (Å²) in [7, 11) is 0. The van der Waals surface area contributed by atoms with E-state index in [4.69, 9.17) is 14.2 Å². The van der Waals surface area contributed by atoms with Crippen molar-refractivity contribution in [2.45, 2.75) is 26.2 Å². The Morgan fingerprint density at radius 2 is 1.68 bits per heavy atom. The molecule has 10 heteroatoms. The zero-order valence-corrected chi connectivity index (χ0v) is 28.5. The molecule has 0 fully saturated rings. The van der Waals surface area contributed by atoms with Crippen LogP contribution in [0.5, 0.6) is 11.5 Å². The zero-order chi connectivity index (χ0) is 35.3. The summed E-state index contributed by atoms with van der Waals surface area (Å²) in [4.78, 5) is 41.3. The second-order valence-electron chi connectivity index (χ2n) is 11.4. The molecule has 0 aliphatic heterocycles. The minimum Gasteiger partial charge on any atom is -0.493 e. The Bertz CT molecular complexity index is 1970. The number of carbonyl (C=O) groups excluding carboxylic acids is 3. The van der Waals surface area contributed by atoms with E-state index in [1.807, 2.05) is 36.4 Å².